The highest BCUT2D eigenvalue weighted by atomic mass is 35.7. The summed E-state index contributed by atoms with van der Waals surface area (Å²) in [5, 5.41) is -1.36. The highest BCUT2D eigenvalue weighted by molar-refractivity contribution is 8.14. The largest absolute Gasteiger partial charge is 0.265 e. The van der Waals surface area contributed by atoms with Gasteiger partial charge in [-0.2, -0.15) is 0 Å². The molecule has 0 heterocycles. The van der Waals surface area contributed by atoms with Crippen molar-refractivity contribution >= 4 is 39.4 Å². The van der Waals surface area contributed by atoms with Crippen LogP contribution in [0.15, 0.2) is 37.8 Å². The van der Waals surface area contributed by atoms with E-state index in [-0.39, 0.29) is 17.9 Å². The Hall–Kier alpha value is -1.63. The van der Waals surface area contributed by atoms with Gasteiger partial charge >= 0.3 is 0 Å². The maximum Gasteiger partial charge on any atom is 0.265 e. The van der Waals surface area contributed by atoms with Crippen LogP contribution in [-0.2, 0) is 28.7 Å². The highest BCUT2D eigenvalue weighted by Crippen LogP contribution is 2.43. The van der Waals surface area contributed by atoms with E-state index in [0.717, 1.165) is 6.07 Å². The zero-order valence-electron chi connectivity index (χ0n) is 19.3. The lowest BCUT2D eigenvalue weighted by atomic mass is 9.84. The van der Waals surface area contributed by atoms with Gasteiger partial charge in [-0.05, 0) is 55.7 Å². The summed E-state index contributed by atoms with van der Waals surface area (Å²) in [4.78, 5) is -6.16. The summed E-state index contributed by atoms with van der Waals surface area (Å²) in [7, 11) is -10.3. The molecule has 2 aromatic carbocycles. The van der Waals surface area contributed by atoms with Crippen LogP contribution in [0.3, 0.4) is 0 Å². The molecule has 2 aromatic rings. The molecule has 0 aliphatic heterocycles. The van der Waals surface area contributed by atoms with E-state index in [4.69, 9.17) is 10.7 Å². The van der Waals surface area contributed by atoms with Gasteiger partial charge in [0.1, 0.15) is 14.7 Å². The zero-order valence-corrected chi connectivity index (χ0v) is 22.5. The van der Waals surface area contributed by atoms with Gasteiger partial charge in [0.2, 0.25) is 9.84 Å². The monoisotopic (exact) mass is 572 g/mol. The first kappa shape index (κ1) is 27.9. The molecule has 0 saturated heterocycles. The van der Waals surface area contributed by atoms with Crippen LogP contribution in [0.2, 0.25) is 0 Å². The molecule has 6 nitrogen and oxygen atoms in total. The van der Waals surface area contributed by atoms with Gasteiger partial charge in [-0.15, -0.1) is 0 Å². The fourth-order valence-corrected chi connectivity index (χ4v) is 10.5. The van der Waals surface area contributed by atoms with E-state index < -0.39 is 76.9 Å². The first-order valence-electron chi connectivity index (χ1n) is 10.6. The van der Waals surface area contributed by atoms with Crippen LogP contribution in [0.1, 0.15) is 44.2 Å². The van der Waals surface area contributed by atoms with Crippen molar-refractivity contribution in [3.8, 4) is 0 Å². The first-order valence-corrected chi connectivity index (χ1v) is 16.0. The second-order valence-corrected chi connectivity index (χ2v) is 15.6. The molecule has 1 saturated carbocycles. The van der Waals surface area contributed by atoms with Crippen LogP contribution >= 0.6 is 10.7 Å². The Morgan fingerprint density at radius 1 is 0.829 bits per heavy atom. The maximum absolute atomic E-state index is 15.9. The third-order valence-corrected chi connectivity index (χ3v) is 12.2. The smallest absolute Gasteiger partial charge is 0.223 e. The summed E-state index contributed by atoms with van der Waals surface area (Å²) >= 11 is 0. The maximum atomic E-state index is 15.9. The number of aryl methyl sites for hydroxylation is 2. The van der Waals surface area contributed by atoms with Crippen LogP contribution in [-0.4, -0.2) is 30.5 Å². The van der Waals surface area contributed by atoms with Gasteiger partial charge in [0, 0.05) is 10.7 Å². The number of halogens is 4. The molecule has 35 heavy (non-hydrogen) atoms. The van der Waals surface area contributed by atoms with Gasteiger partial charge in [-0.3, -0.25) is 0 Å². The Kier molecular flexibility index (Phi) is 7.47. The minimum Gasteiger partial charge on any atom is -0.223 e. The van der Waals surface area contributed by atoms with Crippen molar-refractivity contribution in [2.45, 2.75) is 71.8 Å². The molecule has 3 rings (SSSR count). The first-order chi connectivity index (χ1) is 15.9. The second kappa shape index (κ2) is 9.35. The molecule has 3 unspecified atom stereocenters. The topological polar surface area (TPSA) is 102 Å². The van der Waals surface area contributed by atoms with Crippen molar-refractivity contribution in [1.29, 1.82) is 0 Å². The zero-order chi connectivity index (χ0) is 26.7. The number of sulfone groups is 2. The van der Waals surface area contributed by atoms with E-state index in [9.17, 15) is 25.3 Å². The Morgan fingerprint density at radius 2 is 1.40 bits per heavy atom. The Labute approximate surface area is 207 Å². The quantitative estimate of drug-likeness (QED) is 0.281. The van der Waals surface area contributed by atoms with Crippen molar-refractivity contribution < 1.29 is 38.4 Å². The lowest BCUT2D eigenvalue weighted by Gasteiger charge is -2.32. The molecule has 1 aliphatic rings. The SMILES string of the molecule is Cc1ccc(C)c(S(=O)(=O)c2c(F)c(F)c(S(=O)(=O)Cl)c(S(=O)(=O)C3CC(C)CCC3C)c2F)c1. The van der Waals surface area contributed by atoms with Gasteiger partial charge in [0.15, 0.2) is 27.3 Å². The van der Waals surface area contributed by atoms with Gasteiger partial charge in [-0.1, -0.05) is 32.4 Å². The van der Waals surface area contributed by atoms with Crippen molar-refractivity contribution in [2.75, 3.05) is 0 Å². The number of hydrogen-bond donors (Lipinski definition) is 0. The number of hydrogen-bond acceptors (Lipinski definition) is 6. The van der Waals surface area contributed by atoms with E-state index >= 15 is 13.2 Å². The normalized spacial score (nSPS) is 21.8. The highest BCUT2D eigenvalue weighted by Gasteiger charge is 2.46. The summed E-state index contributed by atoms with van der Waals surface area (Å²) in [5.74, 6) is -7.69. The Morgan fingerprint density at radius 3 is 1.97 bits per heavy atom. The van der Waals surface area contributed by atoms with E-state index in [0.29, 0.717) is 18.4 Å². The van der Waals surface area contributed by atoms with Crippen LogP contribution in [0.5, 0.6) is 0 Å². The molecule has 194 valence electrons. The minimum atomic E-state index is -5.36. The predicted octanol–water partition coefficient (Wildman–Crippen LogP) is 5.08. The summed E-state index contributed by atoms with van der Waals surface area (Å²) < 4.78 is 124. The Bertz CT molecular complexity index is 1520. The van der Waals surface area contributed by atoms with E-state index in [1.165, 1.54) is 26.0 Å². The fourth-order valence-electron chi connectivity index (χ4n) is 4.48. The molecule has 1 fully saturated rings. The number of benzene rings is 2. The van der Waals surface area contributed by atoms with Gasteiger partial charge < -0.3 is 0 Å². The second-order valence-electron chi connectivity index (χ2n) is 9.12. The molecule has 3 atom stereocenters. The average molecular weight is 573 g/mol. The van der Waals surface area contributed by atoms with Crippen molar-refractivity contribution in [2.24, 2.45) is 11.8 Å². The van der Waals surface area contributed by atoms with E-state index in [2.05, 4.69) is 0 Å². The minimum absolute atomic E-state index is 0.0111. The fraction of sp³-hybridized carbons (Fsp3) is 0.455. The molecule has 0 N–H and O–H groups in total. The molecule has 0 radical (unpaired) electrons. The lowest BCUT2D eigenvalue weighted by molar-refractivity contribution is 0.306. The standard InChI is InChI=1S/C22H24ClF3O6S3/c1-11-5-7-13(3)15(9-11)33(27,28)20-17(24)18(25)22(35(23,31)32)21(19(20)26)34(29,30)16-10-12(2)6-8-14(16)4/h5,7,9,12,14,16H,6,8,10H2,1-4H3. The Balaban J connectivity index is 2.49. The van der Waals surface area contributed by atoms with E-state index in [1.54, 1.807) is 13.8 Å². The molecular weight excluding hydrogens is 549 g/mol. The molecule has 1 aliphatic carbocycles. The van der Waals surface area contributed by atoms with Crippen LogP contribution in [0.4, 0.5) is 13.2 Å². The molecule has 0 spiro atoms. The average Bonchev–Trinajstić information content (AvgIpc) is 2.72. The predicted molar refractivity (Wildman–Crippen MR) is 124 cm³/mol. The third-order valence-electron chi connectivity index (χ3n) is 6.41. The van der Waals surface area contributed by atoms with Gasteiger partial charge in [-0.25, -0.2) is 38.4 Å². The van der Waals surface area contributed by atoms with Crippen LogP contribution in [0.25, 0.3) is 0 Å². The number of rotatable bonds is 5. The summed E-state index contributed by atoms with van der Waals surface area (Å²) in [5.41, 5.74) is 0.455. The van der Waals surface area contributed by atoms with Crippen LogP contribution in [0, 0.1) is 43.1 Å². The van der Waals surface area contributed by atoms with Crippen molar-refractivity contribution in [3.63, 3.8) is 0 Å². The van der Waals surface area contributed by atoms with Crippen LogP contribution < -0.4 is 0 Å². The third kappa shape index (κ3) is 4.86. The summed E-state index contributed by atoms with van der Waals surface area (Å²) in [6, 6.07) is 3.98. The van der Waals surface area contributed by atoms with E-state index in [1.807, 2.05) is 0 Å². The van der Waals surface area contributed by atoms with Gasteiger partial charge in [0.25, 0.3) is 9.05 Å². The molecule has 0 aromatic heterocycles. The summed E-state index contributed by atoms with van der Waals surface area (Å²) in [6.45, 7) is 6.13. The lowest BCUT2D eigenvalue weighted by Crippen LogP contribution is -2.36. The molecular formula is C22H24ClF3O6S3. The summed E-state index contributed by atoms with van der Waals surface area (Å²) in [6.07, 6.45) is 1.04. The molecule has 0 amide bonds. The molecule has 13 heteroatoms. The van der Waals surface area contributed by atoms with Crippen molar-refractivity contribution in [3.05, 3.63) is 46.8 Å². The van der Waals surface area contributed by atoms with Crippen molar-refractivity contribution in [1.82, 2.24) is 0 Å². The molecule has 0 bridgehead atoms. The van der Waals surface area contributed by atoms with Gasteiger partial charge in [0.05, 0.1) is 10.1 Å².